The third-order valence-electron chi connectivity index (χ3n) is 2.98. The van der Waals surface area contributed by atoms with Gasteiger partial charge in [0.15, 0.2) is 0 Å². The van der Waals surface area contributed by atoms with Crippen molar-refractivity contribution < 1.29 is 4.79 Å². The summed E-state index contributed by atoms with van der Waals surface area (Å²) in [7, 11) is 0. The number of nitrogens with zero attached hydrogens (tertiary/aromatic N) is 2. The van der Waals surface area contributed by atoms with E-state index >= 15 is 0 Å². The first-order chi connectivity index (χ1) is 9.86. The van der Waals surface area contributed by atoms with Crippen LogP contribution < -0.4 is 4.90 Å². The summed E-state index contributed by atoms with van der Waals surface area (Å²) in [5, 5.41) is 6.51. The number of rotatable bonds is 3. The van der Waals surface area contributed by atoms with Gasteiger partial charge < -0.3 is 0 Å². The zero-order chi connectivity index (χ0) is 13.8. The maximum atomic E-state index is 12.7. The third-order valence-corrected chi connectivity index (χ3v) is 2.98. The molecule has 1 aromatic heterocycles. The number of carbonyl (C=O) groups is 1. The Hall–Kier alpha value is -2.88. The van der Waals surface area contributed by atoms with Crippen molar-refractivity contribution in [1.82, 2.24) is 10.2 Å². The van der Waals surface area contributed by atoms with Gasteiger partial charge in [0.05, 0.1) is 11.8 Å². The van der Waals surface area contributed by atoms with Crippen molar-refractivity contribution >= 4 is 17.3 Å². The quantitative estimate of drug-likeness (QED) is 0.787. The fourth-order valence-corrected chi connectivity index (χ4v) is 2.03. The number of aromatic amines is 1. The average molecular weight is 263 g/mol. The number of anilines is 2. The summed E-state index contributed by atoms with van der Waals surface area (Å²) in [6.07, 6.45) is 3.13. The van der Waals surface area contributed by atoms with Crippen LogP contribution in [0.2, 0.25) is 0 Å². The Kier molecular flexibility index (Phi) is 3.29. The fraction of sp³-hybridized carbons (Fsp3) is 0. The van der Waals surface area contributed by atoms with Gasteiger partial charge in [0.1, 0.15) is 0 Å². The van der Waals surface area contributed by atoms with Crippen LogP contribution >= 0.6 is 0 Å². The maximum absolute atomic E-state index is 12.7. The van der Waals surface area contributed by atoms with E-state index in [1.807, 2.05) is 60.7 Å². The molecule has 0 saturated carbocycles. The van der Waals surface area contributed by atoms with E-state index in [-0.39, 0.29) is 5.91 Å². The first-order valence-electron chi connectivity index (χ1n) is 6.29. The molecule has 20 heavy (non-hydrogen) atoms. The van der Waals surface area contributed by atoms with E-state index in [0.29, 0.717) is 5.56 Å². The number of hydrogen-bond acceptors (Lipinski definition) is 2. The highest BCUT2D eigenvalue weighted by Crippen LogP contribution is 2.26. The van der Waals surface area contributed by atoms with E-state index < -0.39 is 0 Å². The topological polar surface area (TPSA) is 49.0 Å². The van der Waals surface area contributed by atoms with Crippen LogP contribution in [0.4, 0.5) is 11.4 Å². The molecule has 0 aliphatic heterocycles. The number of benzene rings is 2. The van der Waals surface area contributed by atoms with Crippen molar-refractivity contribution in [2.24, 2.45) is 0 Å². The Morgan fingerprint density at radius 2 is 1.45 bits per heavy atom. The van der Waals surface area contributed by atoms with Crippen molar-refractivity contribution in [3.8, 4) is 0 Å². The van der Waals surface area contributed by atoms with Gasteiger partial charge in [-0.15, -0.1) is 0 Å². The van der Waals surface area contributed by atoms with Gasteiger partial charge in [-0.2, -0.15) is 5.10 Å². The van der Waals surface area contributed by atoms with Crippen molar-refractivity contribution in [3.05, 3.63) is 78.6 Å². The van der Waals surface area contributed by atoms with Gasteiger partial charge in [-0.1, -0.05) is 36.4 Å². The Morgan fingerprint density at radius 3 is 1.90 bits per heavy atom. The minimum Gasteiger partial charge on any atom is -0.285 e. The molecule has 2 aromatic carbocycles. The van der Waals surface area contributed by atoms with Crippen LogP contribution in [0.5, 0.6) is 0 Å². The lowest BCUT2D eigenvalue weighted by Crippen LogP contribution is -2.25. The molecule has 0 atom stereocenters. The van der Waals surface area contributed by atoms with Crippen LogP contribution in [0, 0.1) is 0 Å². The number of nitrogens with one attached hydrogen (secondary N) is 1. The normalized spacial score (nSPS) is 10.2. The average Bonchev–Trinajstić information content (AvgIpc) is 3.04. The first kappa shape index (κ1) is 12.2. The Morgan fingerprint density at radius 1 is 0.900 bits per heavy atom. The summed E-state index contributed by atoms with van der Waals surface area (Å²) in [4.78, 5) is 14.3. The zero-order valence-electron chi connectivity index (χ0n) is 10.7. The van der Waals surface area contributed by atoms with Crippen LogP contribution in [-0.2, 0) is 0 Å². The molecule has 0 saturated heterocycles. The van der Waals surface area contributed by atoms with Gasteiger partial charge in [-0.3, -0.25) is 14.8 Å². The van der Waals surface area contributed by atoms with E-state index in [2.05, 4.69) is 10.2 Å². The van der Waals surface area contributed by atoms with Gasteiger partial charge in [0.2, 0.25) is 0 Å². The Labute approximate surface area is 116 Å². The highest BCUT2D eigenvalue weighted by Gasteiger charge is 2.19. The fourth-order valence-electron chi connectivity index (χ4n) is 2.03. The predicted octanol–water partition coefficient (Wildman–Crippen LogP) is 3.39. The summed E-state index contributed by atoms with van der Waals surface area (Å²) in [6.45, 7) is 0. The second kappa shape index (κ2) is 5.40. The molecular formula is C16H13N3O. The molecule has 1 heterocycles. The van der Waals surface area contributed by atoms with Crippen LogP contribution in [0.15, 0.2) is 73.1 Å². The molecule has 1 N–H and O–H groups in total. The minimum absolute atomic E-state index is 0.115. The van der Waals surface area contributed by atoms with Crippen LogP contribution in [0.25, 0.3) is 0 Å². The van der Waals surface area contributed by atoms with Crippen LogP contribution in [0.3, 0.4) is 0 Å². The number of para-hydroxylation sites is 2. The largest absolute Gasteiger partial charge is 0.285 e. The lowest BCUT2D eigenvalue weighted by molar-refractivity contribution is 0.0999. The minimum atomic E-state index is -0.115. The zero-order valence-corrected chi connectivity index (χ0v) is 10.7. The molecular weight excluding hydrogens is 250 g/mol. The molecule has 0 radical (unpaired) electrons. The van der Waals surface area contributed by atoms with Gasteiger partial charge in [0.25, 0.3) is 5.91 Å². The number of amides is 1. The summed E-state index contributed by atoms with van der Waals surface area (Å²) in [5.74, 6) is -0.115. The molecule has 0 fully saturated rings. The summed E-state index contributed by atoms with van der Waals surface area (Å²) in [6, 6.07) is 19.1. The second-order valence-corrected chi connectivity index (χ2v) is 4.30. The first-order valence-corrected chi connectivity index (χ1v) is 6.29. The molecule has 0 aliphatic carbocycles. The number of carbonyl (C=O) groups excluding carboxylic acids is 1. The van der Waals surface area contributed by atoms with Gasteiger partial charge >= 0.3 is 0 Å². The van der Waals surface area contributed by atoms with Crippen LogP contribution in [-0.4, -0.2) is 16.1 Å². The SMILES string of the molecule is O=C(c1cn[nH]c1)N(c1ccccc1)c1ccccc1. The molecule has 0 unspecified atom stereocenters. The van der Waals surface area contributed by atoms with E-state index in [4.69, 9.17) is 0 Å². The monoisotopic (exact) mass is 263 g/mol. The highest BCUT2D eigenvalue weighted by atomic mass is 16.2. The Balaban J connectivity index is 2.07. The maximum Gasteiger partial charge on any atom is 0.266 e. The lowest BCUT2D eigenvalue weighted by Gasteiger charge is -2.22. The second-order valence-electron chi connectivity index (χ2n) is 4.30. The highest BCUT2D eigenvalue weighted by molar-refractivity contribution is 6.10. The van der Waals surface area contributed by atoms with E-state index in [0.717, 1.165) is 11.4 Å². The molecule has 0 spiro atoms. The number of H-pyrrole nitrogens is 1. The van der Waals surface area contributed by atoms with E-state index in [1.54, 1.807) is 11.1 Å². The Bertz CT molecular complexity index is 639. The van der Waals surface area contributed by atoms with Crippen LogP contribution in [0.1, 0.15) is 10.4 Å². The summed E-state index contributed by atoms with van der Waals surface area (Å²) >= 11 is 0. The number of aromatic nitrogens is 2. The standard InChI is InChI=1S/C16H13N3O/c20-16(13-11-17-18-12-13)19(14-7-3-1-4-8-14)15-9-5-2-6-10-15/h1-12H,(H,17,18). The lowest BCUT2D eigenvalue weighted by atomic mass is 10.2. The molecule has 0 bridgehead atoms. The van der Waals surface area contributed by atoms with Gasteiger partial charge in [-0.25, -0.2) is 0 Å². The number of hydrogen-bond donors (Lipinski definition) is 1. The molecule has 4 nitrogen and oxygen atoms in total. The predicted molar refractivity (Wildman–Crippen MR) is 77.9 cm³/mol. The van der Waals surface area contributed by atoms with Crippen molar-refractivity contribution in [1.29, 1.82) is 0 Å². The van der Waals surface area contributed by atoms with Crippen molar-refractivity contribution in [2.75, 3.05) is 4.90 Å². The van der Waals surface area contributed by atoms with E-state index in [1.165, 1.54) is 6.20 Å². The van der Waals surface area contributed by atoms with Crippen molar-refractivity contribution in [2.45, 2.75) is 0 Å². The van der Waals surface area contributed by atoms with Crippen molar-refractivity contribution in [3.63, 3.8) is 0 Å². The van der Waals surface area contributed by atoms with Gasteiger partial charge in [0, 0.05) is 17.6 Å². The molecule has 1 amide bonds. The van der Waals surface area contributed by atoms with Gasteiger partial charge in [-0.05, 0) is 24.3 Å². The smallest absolute Gasteiger partial charge is 0.266 e. The summed E-state index contributed by atoms with van der Waals surface area (Å²) < 4.78 is 0. The molecule has 4 heteroatoms. The molecule has 3 rings (SSSR count). The third kappa shape index (κ3) is 2.31. The molecule has 0 aliphatic rings. The molecule has 98 valence electrons. The molecule has 3 aromatic rings. The summed E-state index contributed by atoms with van der Waals surface area (Å²) in [5.41, 5.74) is 2.17. The van der Waals surface area contributed by atoms with E-state index in [9.17, 15) is 4.79 Å².